The number of benzene rings is 1. The Balaban J connectivity index is 1.52. The first-order valence-corrected chi connectivity index (χ1v) is 8.58. The molecule has 1 aromatic carbocycles. The number of ether oxygens (including phenoxy) is 2. The van der Waals surface area contributed by atoms with Gasteiger partial charge in [0.2, 0.25) is 0 Å². The number of fused-ring (bicyclic) bond motifs is 5. The molecule has 5 nitrogen and oxygen atoms in total. The highest BCUT2D eigenvalue weighted by Gasteiger charge is 2.35. The largest absolute Gasteiger partial charge is 0.496 e. The van der Waals surface area contributed by atoms with Gasteiger partial charge in [-0.15, -0.1) is 0 Å². The van der Waals surface area contributed by atoms with Crippen LogP contribution in [0.1, 0.15) is 18.4 Å². The molecular weight excluding hydrogens is 292 g/mol. The Morgan fingerprint density at radius 1 is 1.22 bits per heavy atom. The molecule has 3 fully saturated rings. The molecule has 5 heteroatoms. The van der Waals surface area contributed by atoms with Crippen LogP contribution in [0.15, 0.2) is 18.2 Å². The van der Waals surface area contributed by atoms with Gasteiger partial charge in [0.15, 0.2) is 0 Å². The van der Waals surface area contributed by atoms with E-state index < -0.39 is 0 Å². The zero-order valence-electron chi connectivity index (χ0n) is 13.7. The van der Waals surface area contributed by atoms with Crippen molar-refractivity contribution in [3.63, 3.8) is 0 Å². The van der Waals surface area contributed by atoms with Crippen molar-refractivity contribution in [1.29, 1.82) is 0 Å². The molecule has 1 atom stereocenters. The van der Waals surface area contributed by atoms with Crippen molar-refractivity contribution in [2.75, 3.05) is 39.8 Å². The number of esters is 1. The maximum absolute atomic E-state index is 12.4. The van der Waals surface area contributed by atoms with Crippen molar-refractivity contribution in [3.8, 4) is 11.5 Å². The van der Waals surface area contributed by atoms with Crippen LogP contribution >= 0.6 is 0 Å². The van der Waals surface area contributed by atoms with Crippen LogP contribution in [0.2, 0.25) is 0 Å². The van der Waals surface area contributed by atoms with Gasteiger partial charge in [-0.05, 0) is 44.5 Å². The van der Waals surface area contributed by atoms with Crippen molar-refractivity contribution >= 4 is 5.97 Å². The topological polar surface area (TPSA) is 42.0 Å². The Kier molecular flexibility index (Phi) is 3.99. The predicted octanol–water partition coefficient (Wildman–Crippen LogP) is 1.55. The third-order valence-corrected chi connectivity index (χ3v) is 5.54. The fraction of sp³-hybridized carbons (Fsp3) is 0.611. The van der Waals surface area contributed by atoms with Crippen LogP contribution in [0.5, 0.6) is 11.5 Å². The van der Waals surface area contributed by atoms with Gasteiger partial charge in [0.25, 0.3) is 0 Å². The number of piperidine rings is 1. The van der Waals surface area contributed by atoms with Gasteiger partial charge in [0.05, 0.1) is 13.0 Å². The number of hydrogen-bond donors (Lipinski definition) is 0. The van der Waals surface area contributed by atoms with Crippen LogP contribution in [0.4, 0.5) is 0 Å². The lowest BCUT2D eigenvalue weighted by Gasteiger charge is -2.34. The highest BCUT2D eigenvalue weighted by Crippen LogP contribution is 2.35. The van der Waals surface area contributed by atoms with Crippen molar-refractivity contribution < 1.29 is 14.3 Å². The molecule has 4 heterocycles. The summed E-state index contributed by atoms with van der Waals surface area (Å²) in [6.45, 7) is 5.39. The highest BCUT2D eigenvalue weighted by atomic mass is 16.5. The van der Waals surface area contributed by atoms with Crippen molar-refractivity contribution in [2.45, 2.75) is 25.3 Å². The van der Waals surface area contributed by atoms with Crippen LogP contribution in [-0.4, -0.2) is 61.6 Å². The quantitative estimate of drug-likeness (QED) is 0.625. The summed E-state index contributed by atoms with van der Waals surface area (Å²) in [7, 11) is 1.67. The second kappa shape index (κ2) is 6.13. The maximum atomic E-state index is 12.4. The number of carbonyl (C=O) groups is 1. The molecule has 0 spiro atoms. The minimum atomic E-state index is -0.0927. The van der Waals surface area contributed by atoms with Gasteiger partial charge >= 0.3 is 5.97 Å². The van der Waals surface area contributed by atoms with E-state index in [4.69, 9.17) is 9.47 Å². The Hall–Kier alpha value is -1.59. The van der Waals surface area contributed by atoms with Crippen LogP contribution in [0.3, 0.4) is 0 Å². The minimum absolute atomic E-state index is 0.0917. The molecule has 1 unspecified atom stereocenters. The third kappa shape index (κ3) is 2.83. The molecule has 4 aliphatic rings. The number of methoxy groups -OCH3 is 1. The van der Waals surface area contributed by atoms with E-state index in [0.717, 1.165) is 30.9 Å². The minimum Gasteiger partial charge on any atom is -0.496 e. The average molecular weight is 316 g/mol. The summed E-state index contributed by atoms with van der Waals surface area (Å²) in [4.78, 5) is 17.5. The first-order valence-electron chi connectivity index (χ1n) is 8.58. The lowest BCUT2D eigenvalue weighted by Crippen LogP contribution is -2.44. The zero-order valence-corrected chi connectivity index (χ0v) is 13.7. The third-order valence-electron chi connectivity index (χ3n) is 5.54. The van der Waals surface area contributed by atoms with E-state index in [2.05, 4.69) is 9.80 Å². The van der Waals surface area contributed by atoms with Gasteiger partial charge in [-0.3, -0.25) is 9.69 Å². The van der Waals surface area contributed by atoms with Crippen molar-refractivity contribution in [3.05, 3.63) is 23.8 Å². The van der Waals surface area contributed by atoms with Gasteiger partial charge in [0, 0.05) is 31.2 Å². The lowest BCUT2D eigenvalue weighted by molar-refractivity contribution is -0.141. The van der Waals surface area contributed by atoms with Crippen molar-refractivity contribution in [2.24, 2.45) is 5.92 Å². The Morgan fingerprint density at radius 3 is 2.83 bits per heavy atom. The molecule has 0 aliphatic carbocycles. The molecule has 23 heavy (non-hydrogen) atoms. The summed E-state index contributed by atoms with van der Waals surface area (Å²) in [5.74, 6) is 1.30. The smallest absolute Gasteiger partial charge is 0.315 e. The van der Waals surface area contributed by atoms with Gasteiger partial charge < -0.3 is 14.4 Å². The summed E-state index contributed by atoms with van der Waals surface area (Å²) < 4.78 is 11.0. The summed E-state index contributed by atoms with van der Waals surface area (Å²) in [6.07, 6.45) is 3.16. The molecule has 0 N–H and O–H groups in total. The number of carbonyl (C=O) groups excluding carboxylic acids is 1. The van der Waals surface area contributed by atoms with Crippen LogP contribution in [-0.2, 0) is 11.2 Å². The van der Waals surface area contributed by atoms with E-state index in [0.29, 0.717) is 18.2 Å². The van der Waals surface area contributed by atoms with E-state index in [1.807, 2.05) is 18.2 Å². The van der Waals surface area contributed by atoms with E-state index in [9.17, 15) is 4.79 Å². The average Bonchev–Trinajstić information content (AvgIpc) is 2.88. The van der Waals surface area contributed by atoms with Crippen LogP contribution in [0, 0.1) is 5.92 Å². The molecule has 5 rings (SSSR count). The Morgan fingerprint density at radius 2 is 2.04 bits per heavy atom. The van der Waals surface area contributed by atoms with Crippen LogP contribution in [0.25, 0.3) is 0 Å². The number of rotatable bonds is 3. The van der Waals surface area contributed by atoms with E-state index in [-0.39, 0.29) is 11.9 Å². The van der Waals surface area contributed by atoms with Gasteiger partial charge in [-0.1, -0.05) is 6.07 Å². The van der Waals surface area contributed by atoms with Crippen LogP contribution < -0.4 is 9.47 Å². The molecule has 0 saturated carbocycles. The molecule has 0 amide bonds. The fourth-order valence-electron chi connectivity index (χ4n) is 4.18. The molecular formula is C18H24N2O3. The Labute approximate surface area is 137 Å². The molecule has 4 aliphatic heterocycles. The normalized spacial score (nSPS) is 30.5. The highest BCUT2D eigenvalue weighted by molar-refractivity contribution is 5.79. The summed E-state index contributed by atoms with van der Waals surface area (Å²) >= 11 is 0. The second-order valence-corrected chi connectivity index (χ2v) is 6.83. The second-order valence-electron chi connectivity index (χ2n) is 6.83. The van der Waals surface area contributed by atoms with E-state index in [1.165, 1.54) is 25.9 Å². The first-order chi connectivity index (χ1) is 11.2. The molecule has 0 radical (unpaired) electrons. The van der Waals surface area contributed by atoms with E-state index >= 15 is 0 Å². The monoisotopic (exact) mass is 316 g/mol. The first kappa shape index (κ1) is 15.0. The Bertz CT molecular complexity index is 596. The lowest BCUT2D eigenvalue weighted by atomic mass is 9.93. The molecule has 1 aromatic rings. The van der Waals surface area contributed by atoms with E-state index in [1.54, 1.807) is 7.11 Å². The molecule has 3 saturated heterocycles. The van der Waals surface area contributed by atoms with Gasteiger partial charge in [-0.25, -0.2) is 0 Å². The maximum Gasteiger partial charge on any atom is 0.315 e. The molecule has 124 valence electrons. The summed E-state index contributed by atoms with van der Waals surface area (Å²) in [6, 6.07) is 6.29. The van der Waals surface area contributed by atoms with Gasteiger partial charge in [-0.2, -0.15) is 0 Å². The standard InChI is InChI=1S/C18H24N2O3/c1-22-16-3-2-4-17-15(16)11-13(18(21)23-17)12-20-10-9-19-7-5-14(20)6-8-19/h2-4,13-14H,5-12H2,1H3. The van der Waals surface area contributed by atoms with Gasteiger partial charge in [0.1, 0.15) is 11.5 Å². The number of nitrogens with zero attached hydrogens (tertiary/aromatic N) is 2. The molecule has 0 aromatic heterocycles. The molecule has 2 bridgehead atoms. The predicted molar refractivity (Wildman–Crippen MR) is 86.9 cm³/mol. The summed E-state index contributed by atoms with van der Waals surface area (Å²) in [5, 5.41) is 0. The zero-order chi connectivity index (χ0) is 15.8. The fourth-order valence-corrected chi connectivity index (χ4v) is 4.18. The number of hydrogen-bond acceptors (Lipinski definition) is 5. The SMILES string of the molecule is COc1cccc2c1CC(CN1CCN3CCC1CC3)C(=O)O2. The van der Waals surface area contributed by atoms with Crippen molar-refractivity contribution in [1.82, 2.24) is 9.80 Å². The summed E-state index contributed by atoms with van der Waals surface area (Å²) in [5.41, 5.74) is 1.03.